The molecule has 0 saturated heterocycles. The van der Waals surface area contributed by atoms with Crippen molar-refractivity contribution in [2.75, 3.05) is 19.0 Å². The van der Waals surface area contributed by atoms with E-state index in [0.29, 0.717) is 39.9 Å². The number of hydrogen-bond donors (Lipinski definition) is 2. The molecule has 204 valence electrons. The zero-order valence-electron chi connectivity index (χ0n) is 22.4. The standard InChI is InChI=1S/C31H26N6O4/c1-3-41-31(39)36-19-18-24(34-36)32-28-26(21-14-16-23(40-2)17-15-21)30(38)37-29(33-28)25(20-10-6-4-7-11-20)27(35-37)22-12-8-5-9-13-22/h4-19,33H,3H2,1-2H3,(H,32,34). The molecule has 6 rings (SSSR count). The molecule has 3 aromatic carbocycles. The Morgan fingerprint density at radius 1 is 0.854 bits per heavy atom. The third-order valence-corrected chi connectivity index (χ3v) is 6.57. The van der Waals surface area contributed by atoms with Crippen LogP contribution in [0, 0.1) is 0 Å². The molecule has 0 spiro atoms. The van der Waals surface area contributed by atoms with E-state index < -0.39 is 6.09 Å². The highest BCUT2D eigenvalue weighted by Gasteiger charge is 2.23. The summed E-state index contributed by atoms with van der Waals surface area (Å²) < 4.78 is 12.9. The Morgan fingerprint density at radius 2 is 1.51 bits per heavy atom. The van der Waals surface area contributed by atoms with E-state index in [-0.39, 0.29) is 12.2 Å². The van der Waals surface area contributed by atoms with Crippen LogP contribution in [0.2, 0.25) is 0 Å². The second-order valence-corrected chi connectivity index (χ2v) is 9.09. The van der Waals surface area contributed by atoms with Crippen molar-refractivity contribution in [2.45, 2.75) is 6.92 Å². The van der Waals surface area contributed by atoms with Gasteiger partial charge in [-0.2, -0.15) is 14.3 Å². The molecule has 6 aromatic rings. The predicted octanol–water partition coefficient (Wildman–Crippen LogP) is 5.98. The first kappa shape index (κ1) is 25.6. The number of aromatic nitrogens is 5. The van der Waals surface area contributed by atoms with Gasteiger partial charge in [0.2, 0.25) is 0 Å². The topological polar surface area (TPSA) is 116 Å². The van der Waals surface area contributed by atoms with Crippen LogP contribution in [0.25, 0.3) is 39.2 Å². The van der Waals surface area contributed by atoms with Crippen LogP contribution in [0.3, 0.4) is 0 Å². The number of fused-ring (bicyclic) bond motifs is 1. The maximum absolute atomic E-state index is 14.2. The van der Waals surface area contributed by atoms with Crippen molar-refractivity contribution >= 4 is 23.4 Å². The molecule has 0 aliphatic carbocycles. The molecule has 3 aromatic heterocycles. The summed E-state index contributed by atoms with van der Waals surface area (Å²) in [5, 5.41) is 12.3. The molecule has 3 heterocycles. The fourth-order valence-corrected chi connectivity index (χ4v) is 4.68. The van der Waals surface area contributed by atoms with Gasteiger partial charge < -0.3 is 19.8 Å². The van der Waals surface area contributed by atoms with Gasteiger partial charge in [-0.3, -0.25) is 4.79 Å². The molecule has 10 heteroatoms. The minimum Gasteiger partial charge on any atom is -0.497 e. The molecule has 0 unspecified atom stereocenters. The predicted molar refractivity (Wildman–Crippen MR) is 157 cm³/mol. The van der Waals surface area contributed by atoms with Crippen LogP contribution in [0.4, 0.5) is 16.4 Å². The number of carbonyl (C=O) groups is 1. The zero-order valence-corrected chi connectivity index (χ0v) is 22.4. The summed E-state index contributed by atoms with van der Waals surface area (Å²) in [6.45, 7) is 1.95. The molecule has 0 bridgehead atoms. The Labute approximate surface area is 234 Å². The Morgan fingerprint density at radius 3 is 2.17 bits per heavy atom. The van der Waals surface area contributed by atoms with Gasteiger partial charge in [0, 0.05) is 17.8 Å². The normalized spacial score (nSPS) is 11.0. The Hall–Kier alpha value is -5.64. The van der Waals surface area contributed by atoms with E-state index in [4.69, 9.17) is 14.6 Å². The van der Waals surface area contributed by atoms with Crippen molar-refractivity contribution in [3.63, 3.8) is 0 Å². The van der Waals surface area contributed by atoms with E-state index in [9.17, 15) is 9.59 Å². The molecule has 0 fully saturated rings. The number of ether oxygens (including phenoxy) is 2. The lowest BCUT2D eigenvalue weighted by Gasteiger charge is -2.12. The molecule has 0 radical (unpaired) electrons. The lowest BCUT2D eigenvalue weighted by Crippen LogP contribution is -2.20. The van der Waals surface area contributed by atoms with Crippen molar-refractivity contribution in [2.24, 2.45) is 0 Å². The number of methoxy groups -OCH3 is 1. The van der Waals surface area contributed by atoms with Gasteiger partial charge in [-0.25, -0.2) is 4.79 Å². The van der Waals surface area contributed by atoms with Crippen molar-refractivity contribution < 1.29 is 14.3 Å². The van der Waals surface area contributed by atoms with Crippen LogP contribution in [0.1, 0.15) is 6.92 Å². The highest BCUT2D eigenvalue weighted by atomic mass is 16.5. The van der Waals surface area contributed by atoms with Crippen LogP contribution in [0.15, 0.2) is 102 Å². The number of H-pyrrole nitrogens is 1. The lowest BCUT2D eigenvalue weighted by molar-refractivity contribution is 0.150. The summed E-state index contributed by atoms with van der Waals surface area (Å²) in [5.41, 5.74) is 4.35. The molecular weight excluding hydrogens is 520 g/mol. The van der Waals surface area contributed by atoms with Gasteiger partial charge in [-0.05, 0) is 30.2 Å². The Balaban J connectivity index is 1.60. The highest BCUT2D eigenvalue weighted by Crippen LogP contribution is 2.36. The first-order chi connectivity index (χ1) is 20.1. The summed E-state index contributed by atoms with van der Waals surface area (Å²) >= 11 is 0. The van der Waals surface area contributed by atoms with Crippen LogP contribution >= 0.6 is 0 Å². The number of benzene rings is 3. The Kier molecular flexibility index (Phi) is 6.78. The first-order valence-electron chi connectivity index (χ1n) is 13.0. The summed E-state index contributed by atoms with van der Waals surface area (Å²) in [7, 11) is 1.58. The number of carbonyl (C=O) groups excluding carboxylic acids is 1. The fourth-order valence-electron chi connectivity index (χ4n) is 4.68. The molecule has 10 nitrogen and oxygen atoms in total. The van der Waals surface area contributed by atoms with Crippen LogP contribution in [-0.2, 0) is 4.74 Å². The van der Waals surface area contributed by atoms with Crippen LogP contribution < -0.4 is 15.6 Å². The average Bonchev–Trinajstić information content (AvgIpc) is 3.64. The Bertz CT molecular complexity index is 1890. The molecule has 0 saturated carbocycles. The average molecular weight is 547 g/mol. The molecule has 0 amide bonds. The molecule has 41 heavy (non-hydrogen) atoms. The fraction of sp³-hybridized carbons (Fsp3) is 0.0968. The summed E-state index contributed by atoms with van der Waals surface area (Å²) in [6.07, 6.45) is 0.890. The molecule has 0 aliphatic heterocycles. The number of hydrogen-bond acceptors (Lipinski definition) is 7. The first-order valence-corrected chi connectivity index (χ1v) is 13.0. The van der Waals surface area contributed by atoms with Gasteiger partial charge in [0.05, 0.1) is 24.8 Å². The monoisotopic (exact) mass is 546 g/mol. The second-order valence-electron chi connectivity index (χ2n) is 9.09. The lowest BCUT2D eigenvalue weighted by atomic mass is 10.0. The van der Waals surface area contributed by atoms with Crippen molar-refractivity contribution in [1.29, 1.82) is 0 Å². The number of anilines is 2. The largest absolute Gasteiger partial charge is 0.497 e. The second kappa shape index (κ2) is 10.9. The van der Waals surface area contributed by atoms with Crippen molar-refractivity contribution in [3.05, 3.63) is 108 Å². The van der Waals surface area contributed by atoms with Crippen LogP contribution in [0.5, 0.6) is 5.75 Å². The van der Waals surface area contributed by atoms with Gasteiger partial charge in [0.15, 0.2) is 5.82 Å². The van der Waals surface area contributed by atoms with E-state index in [1.165, 1.54) is 10.7 Å². The highest BCUT2D eigenvalue weighted by molar-refractivity contribution is 5.92. The van der Waals surface area contributed by atoms with E-state index in [1.54, 1.807) is 44.4 Å². The minimum absolute atomic E-state index is 0.223. The number of nitrogens with zero attached hydrogens (tertiary/aromatic N) is 4. The summed E-state index contributed by atoms with van der Waals surface area (Å²) in [5.74, 6) is 1.39. The van der Waals surface area contributed by atoms with Gasteiger partial charge in [-0.1, -0.05) is 72.8 Å². The van der Waals surface area contributed by atoms with Gasteiger partial charge in [-0.15, -0.1) is 5.10 Å². The maximum atomic E-state index is 14.2. The van der Waals surface area contributed by atoms with Crippen LogP contribution in [-0.4, -0.2) is 44.2 Å². The van der Waals surface area contributed by atoms with Crippen molar-refractivity contribution in [1.82, 2.24) is 24.4 Å². The van der Waals surface area contributed by atoms with E-state index >= 15 is 0 Å². The smallest absolute Gasteiger partial charge is 0.434 e. The van der Waals surface area contributed by atoms with Gasteiger partial charge >= 0.3 is 6.09 Å². The zero-order chi connectivity index (χ0) is 28.3. The third-order valence-electron chi connectivity index (χ3n) is 6.57. The van der Waals surface area contributed by atoms with Crippen molar-refractivity contribution in [3.8, 4) is 39.3 Å². The summed E-state index contributed by atoms with van der Waals surface area (Å²) in [6, 6.07) is 28.3. The molecular formula is C31H26N6O4. The minimum atomic E-state index is -0.602. The number of aromatic amines is 1. The third kappa shape index (κ3) is 4.82. The number of rotatable bonds is 7. The summed E-state index contributed by atoms with van der Waals surface area (Å²) in [4.78, 5) is 29.9. The maximum Gasteiger partial charge on any atom is 0.434 e. The number of nitrogens with one attached hydrogen (secondary N) is 2. The quantitative estimate of drug-likeness (QED) is 0.253. The van der Waals surface area contributed by atoms with E-state index in [0.717, 1.165) is 21.4 Å². The van der Waals surface area contributed by atoms with E-state index in [1.807, 2.05) is 60.7 Å². The van der Waals surface area contributed by atoms with Gasteiger partial charge in [0.1, 0.15) is 22.9 Å². The molecule has 0 aliphatic rings. The van der Waals surface area contributed by atoms with Gasteiger partial charge in [0.25, 0.3) is 5.56 Å². The SMILES string of the molecule is CCOC(=O)n1ccc(Nc2[nH]c3c(-c4ccccc4)c(-c4ccccc4)nn3c(=O)c2-c2ccc(OC)cc2)n1. The van der Waals surface area contributed by atoms with E-state index in [2.05, 4.69) is 15.4 Å². The molecule has 0 atom stereocenters. The molecule has 2 N–H and O–H groups in total.